The third kappa shape index (κ3) is 5.07. The molecule has 0 aliphatic carbocycles. The number of hydrogen-bond acceptors (Lipinski definition) is 5. The molecule has 0 radical (unpaired) electrons. The van der Waals surface area contributed by atoms with Gasteiger partial charge in [-0.3, -0.25) is 19.0 Å². The largest absolute Gasteiger partial charge is 0.352 e. The minimum atomic E-state index is -0.572. The number of halogens is 1. The van der Waals surface area contributed by atoms with Crippen molar-refractivity contribution < 1.29 is 9.59 Å². The lowest BCUT2D eigenvalue weighted by atomic mass is 10.1. The fourth-order valence-electron chi connectivity index (χ4n) is 4.07. The minimum Gasteiger partial charge on any atom is -0.352 e. The lowest BCUT2D eigenvalue weighted by molar-refractivity contribution is -0.130. The second kappa shape index (κ2) is 9.97. The van der Waals surface area contributed by atoms with E-state index in [-0.39, 0.29) is 23.4 Å². The fourth-order valence-corrected chi connectivity index (χ4v) is 5.48. The van der Waals surface area contributed by atoms with Gasteiger partial charge in [-0.25, -0.2) is 4.98 Å². The minimum absolute atomic E-state index is 0.0507. The van der Waals surface area contributed by atoms with Gasteiger partial charge in [-0.1, -0.05) is 53.7 Å². The maximum atomic E-state index is 13.6. The molecule has 1 fully saturated rings. The van der Waals surface area contributed by atoms with Gasteiger partial charge in [0.25, 0.3) is 5.56 Å². The summed E-state index contributed by atoms with van der Waals surface area (Å²) in [6.45, 7) is 4.81. The lowest BCUT2D eigenvalue weighted by Crippen LogP contribution is -2.38. The van der Waals surface area contributed by atoms with Gasteiger partial charge < -0.3 is 10.2 Å². The van der Waals surface area contributed by atoms with E-state index in [9.17, 15) is 14.4 Å². The number of rotatable bonds is 6. The molecular formula is C24H25ClN4O3S. The topological polar surface area (TPSA) is 84.3 Å². The van der Waals surface area contributed by atoms with Crippen molar-refractivity contribution >= 4 is 46.1 Å². The number of carbonyl (C=O) groups excluding carboxylic acids is 2. The summed E-state index contributed by atoms with van der Waals surface area (Å²) in [5.41, 5.74) is 1.20. The highest BCUT2D eigenvalue weighted by Gasteiger charge is 2.33. The number of likely N-dealkylation sites (tertiary alicyclic amines) is 1. The molecular weight excluding hydrogens is 460 g/mol. The Bertz CT molecular complexity index is 1250. The Morgan fingerprint density at radius 3 is 2.70 bits per heavy atom. The first-order valence-electron chi connectivity index (χ1n) is 10.8. The van der Waals surface area contributed by atoms with Crippen LogP contribution in [0.4, 0.5) is 0 Å². The summed E-state index contributed by atoms with van der Waals surface area (Å²) in [6.07, 6.45) is 0.714. The molecule has 9 heteroatoms. The van der Waals surface area contributed by atoms with E-state index in [0.29, 0.717) is 47.1 Å². The second-order valence-electron chi connectivity index (χ2n) is 7.98. The predicted molar refractivity (Wildman–Crippen MR) is 131 cm³/mol. The molecule has 1 aliphatic rings. The summed E-state index contributed by atoms with van der Waals surface area (Å²) in [4.78, 5) is 44.7. The first-order valence-corrected chi connectivity index (χ1v) is 12.1. The van der Waals surface area contributed by atoms with Crippen LogP contribution >= 0.6 is 23.4 Å². The van der Waals surface area contributed by atoms with Crippen molar-refractivity contribution in [1.29, 1.82) is 0 Å². The summed E-state index contributed by atoms with van der Waals surface area (Å²) in [5, 5.41) is 3.74. The van der Waals surface area contributed by atoms with Crippen LogP contribution < -0.4 is 10.9 Å². The van der Waals surface area contributed by atoms with Gasteiger partial charge in [0.15, 0.2) is 5.16 Å². The molecule has 1 N–H and O–H groups in total. The maximum Gasteiger partial charge on any atom is 0.262 e. The zero-order valence-electron chi connectivity index (χ0n) is 18.5. The highest BCUT2D eigenvalue weighted by atomic mass is 35.5. The standard InChI is InChI=1S/C24H25ClN4O3S/c1-3-29-22(31)19-13-17(25)9-10-20(19)27-24(29)33-21(16-7-5-4-6-8-16)23(32)28-12-11-18(14-28)26-15(2)30/h4-10,13,18,21H,3,11-12,14H2,1-2H3,(H,26,30)/t18-,21?/m1/s1. The number of fused-ring (bicyclic) bond motifs is 1. The summed E-state index contributed by atoms with van der Waals surface area (Å²) >= 11 is 7.37. The van der Waals surface area contributed by atoms with E-state index < -0.39 is 5.25 Å². The van der Waals surface area contributed by atoms with Gasteiger partial charge in [-0.05, 0) is 37.1 Å². The third-order valence-electron chi connectivity index (χ3n) is 5.65. The molecule has 1 unspecified atom stereocenters. The van der Waals surface area contributed by atoms with Crippen LogP contribution in [0.1, 0.15) is 31.1 Å². The van der Waals surface area contributed by atoms with E-state index >= 15 is 0 Å². The van der Waals surface area contributed by atoms with Gasteiger partial charge in [0.1, 0.15) is 5.25 Å². The Kier molecular flexibility index (Phi) is 7.05. The van der Waals surface area contributed by atoms with Gasteiger partial charge in [0.05, 0.1) is 10.9 Å². The smallest absolute Gasteiger partial charge is 0.262 e. The number of carbonyl (C=O) groups is 2. The Hall–Kier alpha value is -2.84. The third-order valence-corrected chi connectivity index (χ3v) is 7.12. The molecule has 0 spiro atoms. The molecule has 2 aromatic carbocycles. The number of amides is 2. The zero-order chi connectivity index (χ0) is 23.5. The van der Waals surface area contributed by atoms with Gasteiger partial charge >= 0.3 is 0 Å². The Balaban J connectivity index is 1.70. The molecule has 3 aromatic rings. The van der Waals surface area contributed by atoms with Crippen LogP contribution in [0.5, 0.6) is 0 Å². The van der Waals surface area contributed by atoms with Crippen LogP contribution in [-0.2, 0) is 16.1 Å². The zero-order valence-corrected chi connectivity index (χ0v) is 20.0. The molecule has 4 rings (SSSR count). The Morgan fingerprint density at radius 2 is 2.00 bits per heavy atom. The lowest BCUT2D eigenvalue weighted by Gasteiger charge is -2.24. The van der Waals surface area contributed by atoms with Crippen LogP contribution in [0, 0.1) is 0 Å². The van der Waals surface area contributed by atoms with Crippen molar-refractivity contribution in [3.63, 3.8) is 0 Å². The molecule has 0 bridgehead atoms. The average Bonchev–Trinajstić information content (AvgIpc) is 3.26. The number of nitrogens with one attached hydrogen (secondary N) is 1. The Morgan fingerprint density at radius 1 is 1.24 bits per heavy atom. The maximum absolute atomic E-state index is 13.6. The molecule has 1 aromatic heterocycles. The summed E-state index contributed by atoms with van der Waals surface area (Å²) < 4.78 is 1.58. The molecule has 0 saturated carbocycles. The number of thioether (sulfide) groups is 1. The van der Waals surface area contributed by atoms with Crippen LogP contribution in [0.3, 0.4) is 0 Å². The van der Waals surface area contributed by atoms with E-state index in [1.165, 1.54) is 18.7 Å². The van der Waals surface area contributed by atoms with Gasteiger partial charge in [-0.15, -0.1) is 0 Å². The van der Waals surface area contributed by atoms with E-state index in [2.05, 4.69) is 5.32 Å². The van der Waals surface area contributed by atoms with E-state index in [1.54, 1.807) is 27.7 Å². The summed E-state index contributed by atoms with van der Waals surface area (Å²) in [7, 11) is 0. The highest BCUT2D eigenvalue weighted by molar-refractivity contribution is 8.00. The van der Waals surface area contributed by atoms with Crippen LogP contribution in [0.2, 0.25) is 5.02 Å². The van der Waals surface area contributed by atoms with Crippen molar-refractivity contribution in [3.05, 3.63) is 69.5 Å². The van der Waals surface area contributed by atoms with Crippen molar-refractivity contribution in [3.8, 4) is 0 Å². The van der Waals surface area contributed by atoms with Crippen molar-refractivity contribution in [1.82, 2.24) is 19.8 Å². The number of nitrogens with zero attached hydrogens (tertiary/aromatic N) is 3. The molecule has 1 aliphatic heterocycles. The van der Waals surface area contributed by atoms with Gasteiger partial charge in [0.2, 0.25) is 11.8 Å². The van der Waals surface area contributed by atoms with Crippen LogP contribution in [-0.4, -0.2) is 45.4 Å². The molecule has 2 amide bonds. The number of aromatic nitrogens is 2. The molecule has 2 atom stereocenters. The SMILES string of the molecule is CCn1c(SC(C(=O)N2CC[C@@H](NC(C)=O)C2)c2ccccc2)nc2ccc(Cl)cc2c1=O. The van der Waals surface area contributed by atoms with E-state index in [1.807, 2.05) is 37.3 Å². The number of benzene rings is 2. The van der Waals surface area contributed by atoms with Crippen molar-refractivity contribution in [2.24, 2.45) is 0 Å². The fraction of sp³-hybridized carbons (Fsp3) is 0.333. The first kappa shape index (κ1) is 23.3. The first-order chi connectivity index (χ1) is 15.9. The van der Waals surface area contributed by atoms with Gasteiger partial charge in [0, 0.05) is 37.6 Å². The highest BCUT2D eigenvalue weighted by Crippen LogP contribution is 2.37. The van der Waals surface area contributed by atoms with Crippen molar-refractivity contribution in [2.45, 2.75) is 43.3 Å². The van der Waals surface area contributed by atoms with Crippen LogP contribution in [0.25, 0.3) is 10.9 Å². The van der Waals surface area contributed by atoms with Crippen LogP contribution in [0.15, 0.2) is 58.5 Å². The molecule has 2 heterocycles. The molecule has 33 heavy (non-hydrogen) atoms. The van der Waals surface area contributed by atoms with E-state index in [0.717, 1.165) is 5.56 Å². The summed E-state index contributed by atoms with van der Waals surface area (Å²) in [5.74, 6) is -0.164. The second-order valence-corrected chi connectivity index (χ2v) is 9.49. The molecule has 1 saturated heterocycles. The quantitative estimate of drug-likeness (QED) is 0.426. The number of hydrogen-bond donors (Lipinski definition) is 1. The summed E-state index contributed by atoms with van der Waals surface area (Å²) in [6, 6.07) is 14.5. The monoisotopic (exact) mass is 484 g/mol. The molecule has 172 valence electrons. The van der Waals surface area contributed by atoms with Crippen molar-refractivity contribution in [2.75, 3.05) is 13.1 Å². The van der Waals surface area contributed by atoms with Gasteiger partial charge in [-0.2, -0.15) is 0 Å². The Labute approximate surface area is 201 Å². The molecule has 7 nitrogen and oxygen atoms in total. The predicted octanol–water partition coefficient (Wildman–Crippen LogP) is 3.64. The normalized spacial score (nSPS) is 16.7. The average molecular weight is 485 g/mol. The van der Waals surface area contributed by atoms with E-state index in [4.69, 9.17) is 16.6 Å².